The van der Waals surface area contributed by atoms with Crippen molar-refractivity contribution in [1.29, 1.82) is 5.26 Å². The van der Waals surface area contributed by atoms with Crippen LogP contribution in [0.1, 0.15) is 41.7 Å². The molecule has 0 atom stereocenters. The minimum Gasteiger partial charge on any atom is -0.465 e. The standard InChI is InChI=1S/C16H17N5O3/c17-10-13-9-11(3-6-18-13)1-2-14-19-15(20-24-14)12-4-7-21(8-5-12)16(22)23/h3,6,9,12H,1-2,4-5,7-8H2,(H,22,23). The Bertz CT molecular complexity index is 759. The fraction of sp³-hybridized carbons (Fsp3) is 0.438. The van der Waals surface area contributed by atoms with Gasteiger partial charge >= 0.3 is 6.09 Å². The number of aryl methyl sites for hydroxylation is 2. The topological polar surface area (TPSA) is 116 Å². The SMILES string of the molecule is N#Cc1cc(CCc2nc(C3CCN(C(=O)O)CC3)no2)ccn1. The molecular weight excluding hydrogens is 310 g/mol. The quantitative estimate of drug-likeness (QED) is 0.912. The first-order valence-corrected chi connectivity index (χ1v) is 7.81. The molecule has 1 fully saturated rings. The normalized spacial score (nSPS) is 15.2. The molecule has 24 heavy (non-hydrogen) atoms. The first kappa shape index (κ1) is 15.9. The number of hydrogen-bond acceptors (Lipinski definition) is 6. The average Bonchev–Trinajstić information content (AvgIpc) is 3.09. The van der Waals surface area contributed by atoms with E-state index in [9.17, 15) is 4.79 Å². The number of hydrogen-bond donors (Lipinski definition) is 1. The van der Waals surface area contributed by atoms with E-state index >= 15 is 0 Å². The average molecular weight is 327 g/mol. The van der Waals surface area contributed by atoms with Crippen molar-refractivity contribution in [2.45, 2.75) is 31.6 Å². The number of amides is 1. The lowest BCUT2D eigenvalue weighted by Crippen LogP contribution is -2.37. The number of pyridine rings is 1. The molecule has 3 rings (SSSR count). The van der Waals surface area contributed by atoms with Crippen LogP contribution in [-0.4, -0.2) is 44.3 Å². The molecule has 0 aliphatic carbocycles. The lowest BCUT2D eigenvalue weighted by Gasteiger charge is -2.28. The molecule has 1 saturated heterocycles. The molecule has 1 amide bonds. The molecule has 2 aromatic rings. The van der Waals surface area contributed by atoms with Crippen LogP contribution in [0.3, 0.4) is 0 Å². The van der Waals surface area contributed by atoms with Gasteiger partial charge < -0.3 is 14.5 Å². The summed E-state index contributed by atoms with van der Waals surface area (Å²) in [4.78, 5) is 20.7. The zero-order valence-corrected chi connectivity index (χ0v) is 13.1. The summed E-state index contributed by atoms with van der Waals surface area (Å²) in [5, 5.41) is 21.9. The van der Waals surface area contributed by atoms with Crippen molar-refractivity contribution in [3.8, 4) is 6.07 Å². The highest BCUT2D eigenvalue weighted by molar-refractivity contribution is 5.65. The second-order valence-electron chi connectivity index (χ2n) is 5.75. The molecule has 0 spiro atoms. The van der Waals surface area contributed by atoms with E-state index in [1.807, 2.05) is 12.1 Å². The Kier molecular flexibility index (Phi) is 4.70. The molecule has 0 aromatic carbocycles. The van der Waals surface area contributed by atoms with Gasteiger partial charge in [-0.3, -0.25) is 0 Å². The molecule has 3 heterocycles. The second kappa shape index (κ2) is 7.08. The minimum atomic E-state index is -0.878. The Hall–Kier alpha value is -2.95. The number of nitriles is 1. The van der Waals surface area contributed by atoms with Gasteiger partial charge in [0.1, 0.15) is 11.8 Å². The lowest BCUT2D eigenvalue weighted by atomic mass is 9.96. The third-order valence-electron chi connectivity index (χ3n) is 4.18. The lowest BCUT2D eigenvalue weighted by molar-refractivity contribution is 0.131. The number of likely N-dealkylation sites (tertiary alicyclic amines) is 1. The molecule has 1 aliphatic heterocycles. The van der Waals surface area contributed by atoms with Crippen molar-refractivity contribution in [3.05, 3.63) is 41.3 Å². The third-order valence-corrected chi connectivity index (χ3v) is 4.18. The van der Waals surface area contributed by atoms with Gasteiger partial charge in [-0.05, 0) is 37.0 Å². The van der Waals surface area contributed by atoms with Gasteiger partial charge in [-0.1, -0.05) is 5.16 Å². The second-order valence-corrected chi connectivity index (χ2v) is 5.75. The van der Waals surface area contributed by atoms with E-state index in [1.54, 1.807) is 12.3 Å². The summed E-state index contributed by atoms with van der Waals surface area (Å²) in [5.41, 5.74) is 1.39. The van der Waals surface area contributed by atoms with Crippen molar-refractivity contribution >= 4 is 6.09 Å². The van der Waals surface area contributed by atoms with Crippen LogP contribution in [0.2, 0.25) is 0 Å². The van der Waals surface area contributed by atoms with Gasteiger partial charge in [0, 0.05) is 31.6 Å². The number of piperidine rings is 1. The molecule has 0 saturated carbocycles. The van der Waals surface area contributed by atoms with Gasteiger partial charge in [-0.25, -0.2) is 9.78 Å². The van der Waals surface area contributed by atoms with Crippen LogP contribution in [0.4, 0.5) is 4.79 Å². The van der Waals surface area contributed by atoms with Crippen LogP contribution in [0, 0.1) is 11.3 Å². The Labute approximate surface area is 138 Å². The number of rotatable bonds is 4. The van der Waals surface area contributed by atoms with Crippen molar-refractivity contribution in [1.82, 2.24) is 20.0 Å². The number of aromatic nitrogens is 3. The number of nitrogens with zero attached hydrogens (tertiary/aromatic N) is 5. The summed E-state index contributed by atoms with van der Waals surface area (Å²) in [6.45, 7) is 0.996. The van der Waals surface area contributed by atoms with E-state index in [0.717, 1.165) is 5.56 Å². The summed E-state index contributed by atoms with van der Waals surface area (Å²) in [7, 11) is 0. The van der Waals surface area contributed by atoms with E-state index in [1.165, 1.54) is 4.90 Å². The summed E-state index contributed by atoms with van der Waals surface area (Å²) < 4.78 is 5.30. The van der Waals surface area contributed by atoms with E-state index < -0.39 is 6.09 Å². The van der Waals surface area contributed by atoms with E-state index in [4.69, 9.17) is 14.9 Å². The van der Waals surface area contributed by atoms with Crippen molar-refractivity contribution in [2.24, 2.45) is 0 Å². The number of carbonyl (C=O) groups is 1. The third kappa shape index (κ3) is 3.68. The molecule has 2 aromatic heterocycles. The summed E-state index contributed by atoms with van der Waals surface area (Å²) in [6.07, 6.45) is 3.44. The first-order valence-electron chi connectivity index (χ1n) is 7.81. The van der Waals surface area contributed by atoms with Gasteiger partial charge in [-0.15, -0.1) is 0 Å². The highest BCUT2D eigenvalue weighted by atomic mass is 16.5. The van der Waals surface area contributed by atoms with Gasteiger partial charge in [0.25, 0.3) is 0 Å². The maximum Gasteiger partial charge on any atom is 0.407 e. The van der Waals surface area contributed by atoms with Crippen LogP contribution in [-0.2, 0) is 12.8 Å². The van der Waals surface area contributed by atoms with Gasteiger partial charge in [0.2, 0.25) is 5.89 Å². The highest BCUT2D eigenvalue weighted by Gasteiger charge is 2.26. The zero-order valence-electron chi connectivity index (χ0n) is 13.1. The van der Waals surface area contributed by atoms with Crippen molar-refractivity contribution < 1.29 is 14.4 Å². The summed E-state index contributed by atoms with van der Waals surface area (Å²) >= 11 is 0. The molecule has 1 N–H and O–H groups in total. The molecular formula is C16H17N5O3. The van der Waals surface area contributed by atoms with Crippen LogP contribution in [0.5, 0.6) is 0 Å². The molecule has 0 unspecified atom stereocenters. The Balaban J connectivity index is 1.56. The smallest absolute Gasteiger partial charge is 0.407 e. The van der Waals surface area contributed by atoms with E-state index in [2.05, 4.69) is 15.1 Å². The van der Waals surface area contributed by atoms with Crippen molar-refractivity contribution in [2.75, 3.05) is 13.1 Å². The maximum atomic E-state index is 10.9. The first-order chi connectivity index (χ1) is 11.7. The Morgan fingerprint density at radius 1 is 1.42 bits per heavy atom. The Morgan fingerprint density at radius 2 is 2.21 bits per heavy atom. The molecule has 8 nitrogen and oxygen atoms in total. The number of carboxylic acid groups (broad SMARTS) is 1. The monoisotopic (exact) mass is 327 g/mol. The minimum absolute atomic E-state index is 0.143. The van der Waals surface area contributed by atoms with E-state index in [-0.39, 0.29) is 5.92 Å². The summed E-state index contributed by atoms with van der Waals surface area (Å²) in [5.74, 6) is 1.35. The van der Waals surface area contributed by atoms with E-state index in [0.29, 0.717) is 56.2 Å². The molecule has 124 valence electrons. The highest BCUT2D eigenvalue weighted by Crippen LogP contribution is 2.26. The van der Waals surface area contributed by atoms with Crippen molar-refractivity contribution in [3.63, 3.8) is 0 Å². The Morgan fingerprint density at radius 3 is 2.92 bits per heavy atom. The van der Waals surface area contributed by atoms with Crippen LogP contribution < -0.4 is 0 Å². The molecule has 0 radical (unpaired) electrons. The van der Waals surface area contributed by atoms with Crippen LogP contribution >= 0.6 is 0 Å². The fourth-order valence-electron chi connectivity index (χ4n) is 2.81. The molecule has 1 aliphatic rings. The molecule has 0 bridgehead atoms. The predicted molar refractivity (Wildman–Crippen MR) is 82.2 cm³/mol. The molecule has 8 heteroatoms. The van der Waals surface area contributed by atoms with Gasteiger partial charge in [0.05, 0.1) is 0 Å². The summed E-state index contributed by atoms with van der Waals surface area (Å²) in [6, 6.07) is 5.63. The van der Waals surface area contributed by atoms with Crippen LogP contribution in [0.25, 0.3) is 0 Å². The predicted octanol–water partition coefficient (Wildman–Crippen LogP) is 1.98. The maximum absolute atomic E-state index is 10.9. The fourth-order valence-corrected chi connectivity index (χ4v) is 2.81. The zero-order chi connectivity index (χ0) is 16.9. The van der Waals surface area contributed by atoms with Gasteiger partial charge in [0.15, 0.2) is 5.82 Å². The van der Waals surface area contributed by atoms with Crippen LogP contribution in [0.15, 0.2) is 22.9 Å². The van der Waals surface area contributed by atoms with Gasteiger partial charge in [-0.2, -0.15) is 10.2 Å². The largest absolute Gasteiger partial charge is 0.465 e.